The molecule has 1 unspecified atom stereocenters. The van der Waals surface area contributed by atoms with Crippen LogP contribution in [0.5, 0.6) is 0 Å². The Bertz CT molecular complexity index is 319. The summed E-state index contributed by atoms with van der Waals surface area (Å²) in [4.78, 5) is 1.15. The molecule has 1 rings (SSSR count). The Morgan fingerprint density at radius 2 is 2.38 bits per heavy atom. The van der Waals surface area contributed by atoms with Gasteiger partial charge in [-0.15, -0.1) is 11.3 Å². The number of hydrogen-bond acceptors (Lipinski definition) is 4. The van der Waals surface area contributed by atoms with Crippen LogP contribution in [0.1, 0.15) is 17.7 Å². The number of ether oxygens (including phenoxy) is 1. The first-order chi connectivity index (χ1) is 7.61. The lowest BCUT2D eigenvalue weighted by atomic mass is 9.94. The van der Waals surface area contributed by atoms with Crippen molar-refractivity contribution in [3.63, 3.8) is 0 Å². The van der Waals surface area contributed by atoms with Gasteiger partial charge in [0.15, 0.2) is 0 Å². The summed E-state index contributed by atoms with van der Waals surface area (Å²) in [5, 5.41) is 12.5. The van der Waals surface area contributed by atoms with Crippen molar-refractivity contribution in [2.24, 2.45) is 5.73 Å². The molecule has 0 amide bonds. The van der Waals surface area contributed by atoms with E-state index in [4.69, 9.17) is 10.5 Å². The van der Waals surface area contributed by atoms with Crippen molar-refractivity contribution in [1.82, 2.24) is 0 Å². The van der Waals surface area contributed by atoms with E-state index in [1.54, 1.807) is 18.4 Å². The molecule has 1 aromatic rings. The first-order valence-electron chi connectivity index (χ1n) is 5.24. The smallest absolute Gasteiger partial charge is 0.0928 e. The monoisotopic (exact) mass is 307 g/mol. The number of halogens is 1. The number of nitrogens with two attached hydrogens (primary N) is 1. The first-order valence-corrected chi connectivity index (χ1v) is 6.92. The number of methoxy groups -OCH3 is 1. The van der Waals surface area contributed by atoms with E-state index < -0.39 is 5.60 Å². The maximum atomic E-state index is 10.4. The summed E-state index contributed by atoms with van der Waals surface area (Å²) in [5.41, 5.74) is 4.67. The van der Waals surface area contributed by atoms with Crippen LogP contribution in [-0.4, -0.2) is 31.0 Å². The van der Waals surface area contributed by atoms with Crippen LogP contribution in [0.2, 0.25) is 0 Å². The number of thiophene rings is 1. The third-order valence-corrected chi connectivity index (χ3v) is 4.37. The first kappa shape index (κ1) is 14.1. The standard InChI is InChI=1S/C11H18BrNO2S/c1-15-8-11(14,4-2-5-13)7-10-9(12)3-6-16-10/h3,6,14H,2,4-5,7-8,13H2,1H3. The molecule has 0 bridgehead atoms. The Hall–Kier alpha value is 0.0600. The van der Waals surface area contributed by atoms with Crippen molar-refractivity contribution in [3.05, 3.63) is 20.8 Å². The summed E-state index contributed by atoms with van der Waals surface area (Å²) in [6, 6.07) is 2.00. The summed E-state index contributed by atoms with van der Waals surface area (Å²) in [6.07, 6.45) is 2.09. The van der Waals surface area contributed by atoms with E-state index in [2.05, 4.69) is 15.9 Å². The van der Waals surface area contributed by atoms with Crippen molar-refractivity contribution in [1.29, 1.82) is 0 Å². The molecule has 1 heterocycles. The normalized spacial score (nSPS) is 15.0. The fraction of sp³-hybridized carbons (Fsp3) is 0.636. The van der Waals surface area contributed by atoms with E-state index in [9.17, 15) is 5.11 Å². The van der Waals surface area contributed by atoms with Gasteiger partial charge in [-0.25, -0.2) is 0 Å². The molecule has 0 aromatic carbocycles. The molecular formula is C11H18BrNO2S. The van der Waals surface area contributed by atoms with Gasteiger partial charge in [0, 0.05) is 22.9 Å². The Labute approximate surface area is 109 Å². The lowest BCUT2D eigenvalue weighted by Gasteiger charge is -2.27. The third kappa shape index (κ3) is 4.14. The SMILES string of the molecule is COCC(O)(CCCN)Cc1sccc1Br. The van der Waals surface area contributed by atoms with E-state index in [1.807, 2.05) is 11.4 Å². The van der Waals surface area contributed by atoms with Crippen LogP contribution < -0.4 is 5.73 Å². The van der Waals surface area contributed by atoms with Crippen LogP contribution >= 0.6 is 27.3 Å². The van der Waals surface area contributed by atoms with Crippen LogP contribution in [0.4, 0.5) is 0 Å². The summed E-state index contributed by atoms with van der Waals surface area (Å²) in [6.45, 7) is 0.939. The highest BCUT2D eigenvalue weighted by Gasteiger charge is 2.28. The highest BCUT2D eigenvalue weighted by Crippen LogP contribution is 2.29. The van der Waals surface area contributed by atoms with E-state index in [1.165, 1.54) is 0 Å². The number of hydrogen-bond donors (Lipinski definition) is 2. The lowest BCUT2D eigenvalue weighted by Crippen LogP contribution is -2.37. The van der Waals surface area contributed by atoms with Gasteiger partial charge in [0.2, 0.25) is 0 Å². The van der Waals surface area contributed by atoms with Gasteiger partial charge in [-0.3, -0.25) is 0 Å². The van der Waals surface area contributed by atoms with Gasteiger partial charge < -0.3 is 15.6 Å². The average Bonchev–Trinajstić information content (AvgIpc) is 2.62. The number of rotatable bonds is 7. The van der Waals surface area contributed by atoms with Crippen LogP contribution in [-0.2, 0) is 11.2 Å². The van der Waals surface area contributed by atoms with Gasteiger partial charge in [-0.1, -0.05) is 0 Å². The van der Waals surface area contributed by atoms with Gasteiger partial charge in [-0.2, -0.15) is 0 Å². The second-order valence-corrected chi connectivity index (χ2v) is 5.77. The average molecular weight is 308 g/mol. The molecule has 0 radical (unpaired) electrons. The largest absolute Gasteiger partial charge is 0.387 e. The van der Waals surface area contributed by atoms with Crippen LogP contribution in [0, 0.1) is 0 Å². The van der Waals surface area contributed by atoms with E-state index in [0.29, 0.717) is 26.0 Å². The van der Waals surface area contributed by atoms with Gasteiger partial charge >= 0.3 is 0 Å². The molecule has 92 valence electrons. The van der Waals surface area contributed by atoms with Crippen LogP contribution in [0.15, 0.2) is 15.9 Å². The van der Waals surface area contributed by atoms with Crippen LogP contribution in [0.25, 0.3) is 0 Å². The molecule has 0 aliphatic heterocycles. The highest BCUT2D eigenvalue weighted by atomic mass is 79.9. The molecule has 0 spiro atoms. The lowest BCUT2D eigenvalue weighted by molar-refractivity contribution is -0.0371. The third-order valence-electron chi connectivity index (χ3n) is 2.44. The number of aliphatic hydroxyl groups is 1. The van der Waals surface area contributed by atoms with Crippen molar-refractivity contribution >= 4 is 27.3 Å². The van der Waals surface area contributed by atoms with Gasteiger partial charge in [0.25, 0.3) is 0 Å². The zero-order valence-corrected chi connectivity index (χ0v) is 11.8. The van der Waals surface area contributed by atoms with Crippen molar-refractivity contribution in [2.75, 3.05) is 20.3 Å². The fourth-order valence-electron chi connectivity index (χ4n) is 1.66. The molecule has 0 aliphatic rings. The molecule has 3 N–H and O–H groups in total. The van der Waals surface area contributed by atoms with E-state index >= 15 is 0 Å². The molecule has 0 fully saturated rings. The minimum absolute atomic E-state index is 0.345. The zero-order valence-electron chi connectivity index (χ0n) is 9.41. The predicted molar refractivity (Wildman–Crippen MR) is 70.8 cm³/mol. The molecule has 1 atom stereocenters. The Morgan fingerprint density at radius 3 is 2.88 bits per heavy atom. The molecule has 16 heavy (non-hydrogen) atoms. The topological polar surface area (TPSA) is 55.5 Å². The van der Waals surface area contributed by atoms with Gasteiger partial charge in [0.1, 0.15) is 0 Å². The van der Waals surface area contributed by atoms with Gasteiger partial charge in [-0.05, 0) is 46.8 Å². The van der Waals surface area contributed by atoms with E-state index in [0.717, 1.165) is 15.8 Å². The molecule has 1 aromatic heterocycles. The molecule has 0 saturated heterocycles. The summed E-state index contributed by atoms with van der Waals surface area (Å²) >= 11 is 5.11. The Morgan fingerprint density at radius 1 is 1.62 bits per heavy atom. The molecule has 3 nitrogen and oxygen atoms in total. The minimum Gasteiger partial charge on any atom is -0.387 e. The fourth-order valence-corrected chi connectivity index (χ4v) is 3.29. The second-order valence-electron chi connectivity index (χ2n) is 3.92. The van der Waals surface area contributed by atoms with Crippen molar-refractivity contribution < 1.29 is 9.84 Å². The predicted octanol–water partition coefficient (Wildman–Crippen LogP) is 2.17. The summed E-state index contributed by atoms with van der Waals surface area (Å²) in [7, 11) is 1.61. The zero-order chi connectivity index (χ0) is 12.0. The quantitative estimate of drug-likeness (QED) is 0.812. The van der Waals surface area contributed by atoms with Crippen molar-refractivity contribution in [3.8, 4) is 0 Å². The molecule has 5 heteroatoms. The summed E-state index contributed by atoms with van der Waals surface area (Å²) < 4.78 is 6.15. The van der Waals surface area contributed by atoms with Crippen molar-refractivity contribution in [2.45, 2.75) is 24.9 Å². The maximum absolute atomic E-state index is 10.4. The molecule has 0 saturated carbocycles. The van der Waals surface area contributed by atoms with Crippen LogP contribution in [0.3, 0.4) is 0 Å². The Balaban J connectivity index is 2.66. The molecule has 0 aliphatic carbocycles. The Kier molecular flexibility index (Phi) is 5.92. The maximum Gasteiger partial charge on any atom is 0.0928 e. The summed E-state index contributed by atoms with van der Waals surface area (Å²) in [5.74, 6) is 0. The highest BCUT2D eigenvalue weighted by molar-refractivity contribution is 9.10. The van der Waals surface area contributed by atoms with Gasteiger partial charge in [0.05, 0.1) is 12.2 Å². The minimum atomic E-state index is -0.804. The molecular weight excluding hydrogens is 290 g/mol. The second kappa shape index (κ2) is 6.71. The van der Waals surface area contributed by atoms with E-state index in [-0.39, 0.29) is 0 Å².